The molecular formula is C12H11BrN2O2S. The summed E-state index contributed by atoms with van der Waals surface area (Å²) in [7, 11) is 0. The number of carbonyl (C=O) groups is 1. The largest absolute Gasteiger partial charge is 0.487 e. The molecule has 2 aromatic rings. The Morgan fingerprint density at radius 1 is 1.39 bits per heavy atom. The summed E-state index contributed by atoms with van der Waals surface area (Å²) in [5.74, 6) is -0.112. The molecule has 18 heavy (non-hydrogen) atoms. The number of amides is 1. The SMILES string of the molecule is NC(=O)c1cc(N)ccc1OCc1sccc1Br. The van der Waals surface area contributed by atoms with Crippen molar-refractivity contribution in [3.8, 4) is 5.75 Å². The number of ether oxygens (including phenoxy) is 1. The number of carbonyl (C=O) groups excluding carboxylic acids is 1. The number of thiophene rings is 1. The molecule has 2 rings (SSSR count). The Morgan fingerprint density at radius 3 is 2.78 bits per heavy atom. The first-order valence-electron chi connectivity index (χ1n) is 5.12. The minimum absolute atomic E-state index is 0.294. The van der Waals surface area contributed by atoms with Crippen LogP contribution in [0.5, 0.6) is 5.75 Å². The number of primary amides is 1. The highest BCUT2D eigenvalue weighted by atomic mass is 79.9. The van der Waals surface area contributed by atoms with Crippen molar-refractivity contribution in [2.45, 2.75) is 6.61 Å². The zero-order valence-electron chi connectivity index (χ0n) is 9.35. The van der Waals surface area contributed by atoms with Gasteiger partial charge in [-0.15, -0.1) is 11.3 Å². The summed E-state index contributed by atoms with van der Waals surface area (Å²) in [6, 6.07) is 6.78. The van der Waals surface area contributed by atoms with E-state index in [2.05, 4.69) is 15.9 Å². The summed E-state index contributed by atoms with van der Waals surface area (Å²) in [4.78, 5) is 12.3. The van der Waals surface area contributed by atoms with E-state index in [1.165, 1.54) is 6.07 Å². The zero-order chi connectivity index (χ0) is 13.1. The van der Waals surface area contributed by atoms with E-state index >= 15 is 0 Å². The van der Waals surface area contributed by atoms with E-state index < -0.39 is 5.91 Å². The van der Waals surface area contributed by atoms with Gasteiger partial charge < -0.3 is 16.2 Å². The van der Waals surface area contributed by atoms with Gasteiger partial charge >= 0.3 is 0 Å². The van der Waals surface area contributed by atoms with E-state index in [4.69, 9.17) is 16.2 Å². The van der Waals surface area contributed by atoms with Gasteiger partial charge in [0, 0.05) is 10.2 Å². The second kappa shape index (κ2) is 5.41. The molecule has 0 bridgehead atoms. The van der Waals surface area contributed by atoms with Crippen LogP contribution < -0.4 is 16.2 Å². The molecule has 0 spiro atoms. The molecule has 0 radical (unpaired) electrons. The lowest BCUT2D eigenvalue weighted by Gasteiger charge is -2.09. The molecule has 1 amide bonds. The number of hydrogen-bond donors (Lipinski definition) is 2. The molecule has 1 aromatic carbocycles. The van der Waals surface area contributed by atoms with Gasteiger partial charge in [0.25, 0.3) is 5.91 Å². The van der Waals surface area contributed by atoms with Crippen molar-refractivity contribution in [2.75, 3.05) is 5.73 Å². The standard InChI is InChI=1S/C12H11BrN2O2S/c13-9-3-4-18-11(9)6-17-10-2-1-7(14)5-8(10)12(15)16/h1-5H,6,14H2,(H2,15,16). The first-order valence-corrected chi connectivity index (χ1v) is 6.79. The van der Waals surface area contributed by atoms with E-state index in [0.717, 1.165) is 9.35 Å². The predicted octanol–water partition coefficient (Wildman–Crippen LogP) is 2.77. The van der Waals surface area contributed by atoms with E-state index in [0.29, 0.717) is 23.6 Å². The van der Waals surface area contributed by atoms with Crippen LogP contribution in [0.4, 0.5) is 5.69 Å². The molecular weight excluding hydrogens is 316 g/mol. The van der Waals surface area contributed by atoms with Gasteiger partial charge in [0.1, 0.15) is 12.4 Å². The lowest BCUT2D eigenvalue weighted by molar-refractivity contribution is 0.0996. The average molecular weight is 327 g/mol. The van der Waals surface area contributed by atoms with Crippen LogP contribution in [-0.4, -0.2) is 5.91 Å². The van der Waals surface area contributed by atoms with Crippen LogP contribution >= 0.6 is 27.3 Å². The van der Waals surface area contributed by atoms with Gasteiger partial charge in [0.05, 0.1) is 10.4 Å². The number of halogens is 1. The smallest absolute Gasteiger partial charge is 0.252 e. The zero-order valence-corrected chi connectivity index (χ0v) is 11.8. The number of rotatable bonds is 4. The monoisotopic (exact) mass is 326 g/mol. The van der Waals surface area contributed by atoms with Crippen molar-refractivity contribution >= 4 is 38.9 Å². The highest BCUT2D eigenvalue weighted by Gasteiger charge is 2.11. The summed E-state index contributed by atoms with van der Waals surface area (Å²) in [5.41, 5.74) is 11.7. The number of nitrogen functional groups attached to an aromatic ring is 1. The molecule has 0 atom stereocenters. The first-order chi connectivity index (χ1) is 8.58. The maximum absolute atomic E-state index is 11.3. The quantitative estimate of drug-likeness (QED) is 0.848. The molecule has 1 aromatic heterocycles. The molecule has 0 aliphatic rings. The van der Waals surface area contributed by atoms with Crippen molar-refractivity contribution in [1.29, 1.82) is 0 Å². The van der Waals surface area contributed by atoms with Crippen molar-refractivity contribution in [2.24, 2.45) is 5.73 Å². The van der Waals surface area contributed by atoms with Gasteiger partial charge in [-0.05, 0) is 45.6 Å². The van der Waals surface area contributed by atoms with Crippen molar-refractivity contribution < 1.29 is 9.53 Å². The minimum Gasteiger partial charge on any atom is -0.487 e. The molecule has 0 saturated carbocycles. The highest BCUT2D eigenvalue weighted by Crippen LogP contribution is 2.26. The third-order valence-electron chi connectivity index (χ3n) is 2.32. The topological polar surface area (TPSA) is 78.3 Å². The molecule has 0 fully saturated rings. The Kier molecular flexibility index (Phi) is 3.88. The number of anilines is 1. The fraction of sp³-hybridized carbons (Fsp3) is 0.0833. The lowest BCUT2D eigenvalue weighted by Crippen LogP contribution is -2.13. The van der Waals surface area contributed by atoms with Gasteiger partial charge in [-0.2, -0.15) is 0 Å². The minimum atomic E-state index is -0.553. The van der Waals surface area contributed by atoms with E-state index in [1.807, 2.05) is 11.4 Å². The second-order valence-electron chi connectivity index (χ2n) is 3.60. The summed E-state index contributed by atoms with van der Waals surface area (Å²) in [6.07, 6.45) is 0. The summed E-state index contributed by atoms with van der Waals surface area (Å²) < 4.78 is 6.59. The summed E-state index contributed by atoms with van der Waals surface area (Å²) >= 11 is 4.99. The van der Waals surface area contributed by atoms with Gasteiger partial charge in [0.2, 0.25) is 0 Å². The van der Waals surface area contributed by atoms with Crippen LogP contribution in [0, 0.1) is 0 Å². The van der Waals surface area contributed by atoms with E-state index in [-0.39, 0.29) is 0 Å². The lowest BCUT2D eigenvalue weighted by atomic mass is 10.1. The maximum Gasteiger partial charge on any atom is 0.252 e. The average Bonchev–Trinajstić information content (AvgIpc) is 2.73. The van der Waals surface area contributed by atoms with Crippen molar-refractivity contribution in [1.82, 2.24) is 0 Å². The third-order valence-corrected chi connectivity index (χ3v) is 4.22. The number of benzene rings is 1. The third kappa shape index (κ3) is 2.83. The van der Waals surface area contributed by atoms with Crippen LogP contribution in [-0.2, 0) is 6.61 Å². The molecule has 0 aliphatic heterocycles. The van der Waals surface area contributed by atoms with Gasteiger partial charge in [-0.25, -0.2) is 0 Å². The normalized spacial score (nSPS) is 10.3. The van der Waals surface area contributed by atoms with E-state index in [9.17, 15) is 4.79 Å². The molecule has 0 saturated heterocycles. The van der Waals surface area contributed by atoms with Crippen molar-refractivity contribution in [3.63, 3.8) is 0 Å². The fourth-order valence-electron chi connectivity index (χ4n) is 1.44. The van der Waals surface area contributed by atoms with Gasteiger partial charge in [-0.1, -0.05) is 0 Å². The molecule has 94 valence electrons. The Bertz CT molecular complexity index is 583. The summed E-state index contributed by atoms with van der Waals surface area (Å²) in [6.45, 7) is 0.377. The first kappa shape index (κ1) is 12.9. The van der Waals surface area contributed by atoms with Crippen LogP contribution in [0.2, 0.25) is 0 Å². The fourth-order valence-corrected chi connectivity index (χ4v) is 2.82. The van der Waals surface area contributed by atoms with Gasteiger partial charge in [0.15, 0.2) is 0 Å². The van der Waals surface area contributed by atoms with Crippen LogP contribution in [0.1, 0.15) is 15.2 Å². The Morgan fingerprint density at radius 2 is 2.17 bits per heavy atom. The molecule has 1 heterocycles. The molecule has 4 N–H and O–H groups in total. The molecule has 4 nitrogen and oxygen atoms in total. The second-order valence-corrected chi connectivity index (χ2v) is 5.46. The number of nitrogens with two attached hydrogens (primary N) is 2. The van der Waals surface area contributed by atoms with Crippen molar-refractivity contribution in [3.05, 3.63) is 44.6 Å². The van der Waals surface area contributed by atoms with Crippen LogP contribution in [0.3, 0.4) is 0 Å². The van der Waals surface area contributed by atoms with E-state index in [1.54, 1.807) is 23.5 Å². The van der Waals surface area contributed by atoms with Gasteiger partial charge in [-0.3, -0.25) is 4.79 Å². The Hall–Kier alpha value is -1.53. The highest BCUT2D eigenvalue weighted by molar-refractivity contribution is 9.10. The Balaban J connectivity index is 2.19. The summed E-state index contributed by atoms with van der Waals surface area (Å²) in [5, 5.41) is 1.96. The van der Waals surface area contributed by atoms with Crippen LogP contribution in [0.25, 0.3) is 0 Å². The molecule has 0 unspecified atom stereocenters. The Labute approximate surface area is 117 Å². The molecule has 0 aliphatic carbocycles. The predicted molar refractivity (Wildman–Crippen MR) is 75.7 cm³/mol. The number of hydrogen-bond acceptors (Lipinski definition) is 4. The van der Waals surface area contributed by atoms with Crippen LogP contribution in [0.15, 0.2) is 34.1 Å². The molecule has 6 heteroatoms. The maximum atomic E-state index is 11.3.